The maximum Gasteiger partial charge on any atom is 0.224 e. The van der Waals surface area contributed by atoms with Gasteiger partial charge in [-0.1, -0.05) is 23.7 Å². The van der Waals surface area contributed by atoms with E-state index in [9.17, 15) is 4.79 Å². The third-order valence-corrected chi connectivity index (χ3v) is 2.91. The molecule has 0 spiro atoms. The summed E-state index contributed by atoms with van der Waals surface area (Å²) < 4.78 is 1.96. The average Bonchev–Trinajstić information content (AvgIpc) is 2.76. The van der Waals surface area contributed by atoms with Crippen molar-refractivity contribution in [2.75, 3.05) is 0 Å². The molecular weight excluding hydrogens is 248 g/mol. The van der Waals surface area contributed by atoms with Crippen molar-refractivity contribution in [3.05, 3.63) is 58.9 Å². The van der Waals surface area contributed by atoms with E-state index in [0.717, 1.165) is 11.1 Å². The molecule has 0 radical (unpaired) electrons. The zero-order valence-corrected chi connectivity index (χ0v) is 10.9. The number of nitrogens with zero attached hydrogens (tertiary/aromatic N) is 1. The van der Waals surface area contributed by atoms with E-state index >= 15 is 0 Å². The van der Waals surface area contributed by atoms with Crippen LogP contribution in [-0.4, -0.2) is 10.5 Å². The molecule has 1 aromatic heterocycles. The molecule has 0 fully saturated rings. The molecule has 94 valence electrons. The van der Waals surface area contributed by atoms with Crippen molar-refractivity contribution in [1.82, 2.24) is 9.88 Å². The standard InChI is InChI=1S/C14H15ClN2O/c1-17-7-6-12(10-17)9-16-14(18)8-11-2-4-13(15)5-3-11/h2-7,10H,8-9H2,1H3,(H,16,18). The summed E-state index contributed by atoms with van der Waals surface area (Å²) in [4.78, 5) is 11.7. The zero-order chi connectivity index (χ0) is 13.0. The van der Waals surface area contributed by atoms with Crippen LogP contribution in [0.5, 0.6) is 0 Å². The first-order chi connectivity index (χ1) is 8.63. The van der Waals surface area contributed by atoms with Crippen molar-refractivity contribution in [3.63, 3.8) is 0 Å². The minimum absolute atomic E-state index is 0.0150. The van der Waals surface area contributed by atoms with Gasteiger partial charge in [-0.3, -0.25) is 4.79 Å². The van der Waals surface area contributed by atoms with Crippen molar-refractivity contribution in [2.45, 2.75) is 13.0 Å². The fourth-order valence-corrected chi connectivity index (χ4v) is 1.84. The summed E-state index contributed by atoms with van der Waals surface area (Å²) in [5.41, 5.74) is 2.06. The molecule has 0 aliphatic carbocycles. The third kappa shape index (κ3) is 3.64. The van der Waals surface area contributed by atoms with E-state index in [0.29, 0.717) is 18.0 Å². The van der Waals surface area contributed by atoms with Crippen LogP contribution in [0.15, 0.2) is 42.7 Å². The highest BCUT2D eigenvalue weighted by molar-refractivity contribution is 6.30. The molecular formula is C14H15ClN2O. The maximum absolute atomic E-state index is 11.7. The lowest BCUT2D eigenvalue weighted by atomic mass is 10.1. The van der Waals surface area contributed by atoms with Crippen LogP contribution >= 0.6 is 11.6 Å². The number of amides is 1. The summed E-state index contributed by atoms with van der Waals surface area (Å²) in [6.07, 6.45) is 4.33. The lowest BCUT2D eigenvalue weighted by molar-refractivity contribution is -0.120. The maximum atomic E-state index is 11.7. The molecule has 0 bridgehead atoms. The van der Waals surface area contributed by atoms with Crippen LogP contribution in [0.3, 0.4) is 0 Å². The normalized spacial score (nSPS) is 10.3. The molecule has 1 aromatic carbocycles. The molecule has 2 aromatic rings. The Morgan fingerprint density at radius 3 is 2.56 bits per heavy atom. The molecule has 3 nitrogen and oxygen atoms in total. The van der Waals surface area contributed by atoms with E-state index in [4.69, 9.17) is 11.6 Å². The van der Waals surface area contributed by atoms with Gasteiger partial charge in [0.2, 0.25) is 5.91 Å². The largest absolute Gasteiger partial charge is 0.357 e. The van der Waals surface area contributed by atoms with Gasteiger partial charge in [0.1, 0.15) is 0 Å². The first-order valence-corrected chi connectivity index (χ1v) is 6.13. The number of hydrogen-bond acceptors (Lipinski definition) is 1. The van der Waals surface area contributed by atoms with Crippen molar-refractivity contribution < 1.29 is 4.79 Å². The lowest BCUT2D eigenvalue weighted by Crippen LogP contribution is -2.24. The number of rotatable bonds is 4. The Balaban J connectivity index is 1.83. The van der Waals surface area contributed by atoms with E-state index in [2.05, 4.69) is 5.32 Å². The number of benzene rings is 1. The van der Waals surface area contributed by atoms with Crippen molar-refractivity contribution in [2.24, 2.45) is 7.05 Å². The summed E-state index contributed by atoms with van der Waals surface area (Å²) in [6, 6.07) is 9.31. The molecule has 0 aliphatic rings. The van der Waals surface area contributed by atoms with Gasteiger partial charge in [-0.05, 0) is 29.3 Å². The van der Waals surface area contributed by atoms with Gasteiger partial charge in [-0.2, -0.15) is 0 Å². The quantitative estimate of drug-likeness (QED) is 0.903. The van der Waals surface area contributed by atoms with Crippen LogP contribution in [0.25, 0.3) is 0 Å². The molecule has 0 saturated carbocycles. The topological polar surface area (TPSA) is 34.0 Å². The Bertz CT molecular complexity index is 531. The van der Waals surface area contributed by atoms with E-state index in [1.165, 1.54) is 0 Å². The molecule has 0 aliphatic heterocycles. The van der Waals surface area contributed by atoms with Gasteiger partial charge in [0.15, 0.2) is 0 Å². The average molecular weight is 263 g/mol. The van der Waals surface area contributed by atoms with Crippen LogP contribution in [0, 0.1) is 0 Å². The first kappa shape index (κ1) is 12.7. The molecule has 1 amide bonds. The summed E-state index contributed by atoms with van der Waals surface area (Å²) >= 11 is 5.79. The number of aryl methyl sites for hydroxylation is 1. The monoisotopic (exact) mass is 262 g/mol. The van der Waals surface area contributed by atoms with E-state index < -0.39 is 0 Å². The third-order valence-electron chi connectivity index (χ3n) is 2.66. The highest BCUT2D eigenvalue weighted by atomic mass is 35.5. The molecule has 0 atom stereocenters. The fraction of sp³-hybridized carbons (Fsp3) is 0.214. The number of carbonyl (C=O) groups is 1. The first-order valence-electron chi connectivity index (χ1n) is 5.75. The Morgan fingerprint density at radius 2 is 1.94 bits per heavy atom. The van der Waals surface area contributed by atoms with Gasteiger partial charge in [-0.15, -0.1) is 0 Å². The van der Waals surface area contributed by atoms with Crippen LogP contribution in [0.2, 0.25) is 5.02 Å². The highest BCUT2D eigenvalue weighted by Crippen LogP contribution is 2.09. The molecule has 18 heavy (non-hydrogen) atoms. The minimum atomic E-state index is 0.0150. The summed E-state index contributed by atoms with van der Waals surface area (Å²) in [5, 5.41) is 3.57. The lowest BCUT2D eigenvalue weighted by Gasteiger charge is -2.04. The van der Waals surface area contributed by atoms with Gasteiger partial charge in [0.05, 0.1) is 6.42 Å². The van der Waals surface area contributed by atoms with E-state index in [-0.39, 0.29) is 5.91 Å². The Morgan fingerprint density at radius 1 is 1.22 bits per heavy atom. The molecule has 2 rings (SSSR count). The highest BCUT2D eigenvalue weighted by Gasteiger charge is 2.03. The summed E-state index contributed by atoms with van der Waals surface area (Å²) in [7, 11) is 1.96. The number of halogens is 1. The van der Waals surface area contributed by atoms with Crippen molar-refractivity contribution in [3.8, 4) is 0 Å². The summed E-state index contributed by atoms with van der Waals surface area (Å²) in [5.74, 6) is 0.0150. The van der Waals surface area contributed by atoms with Gasteiger partial charge < -0.3 is 9.88 Å². The molecule has 0 saturated heterocycles. The van der Waals surface area contributed by atoms with Crippen LogP contribution in [0.1, 0.15) is 11.1 Å². The van der Waals surface area contributed by atoms with E-state index in [1.54, 1.807) is 12.1 Å². The Kier molecular flexibility index (Phi) is 4.05. The van der Waals surface area contributed by atoms with Gasteiger partial charge >= 0.3 is 0 Å². The smallest absolute Gasteiger partial charge is 0.224 e. The number of carbonyl (C=O) groups excluding carboxylic acids is 1. The van der Waals surface area contributed by atoms with Gasteiger partial charge in [0.25, 0.3) is 0 Å². The van der Waals surface area contributed by atoms with Crippen molar-refractivity contribution >= 4 is 17.5 Å². The predicted octanol–water partition coefficient (Wildman–Crippen LogP) is 2.54. The molecule has 1 heterocycles. The number of nitrogens with one attached hydrogen (secondary N) is 1. The SMILES string of the molecule is Cn1ccc(CNC(=O)Cc2ccc(Cl)cc2)c1. The van der Waals surface area contributed by atoms with Gasteiger partial charge in [-0.25, -0.2) is 0 Å². The van der Waals surface area contributed by atoms with Crippen LogP contribution in [-0.2, 0) is 24.8 Å². The Hall–Kier alpha value is -1.74. The zero-order valence-electron chi connectivity index (χ0n) is 10.2. The number of hydrogen-bond donors (Lipinski definition) is 1. The fourth-order valence-electron chi connectivity index (χ4n) is 1.72. The molecule has 1 N–H and O–H groups in total. The van der Waals surface area contributed by atoms with E-state index in [1.807, 2.05) is 42.2 Å². The molecule has 0 unspecified atom stereocenters. The van der Waals surface area contributed by atoms with Crippen LogP contribution in [0.4, 0.5) is 0 Å². The van der Waals surface area contributed by atoms with Crippen molar-refractivity contribution in [1.29, 1.82) is 0 Å². The Labute approximate surface area is 111 Å². The minimum Gasteiger partial charge on any atom is -0.357 e. The predicted molar refractivity (Wildman–Crippen MR) is 72.4 cm³/mol. The second-order valence-corrected chi connectivity index (χ2v) is 4.70. The summed E-state index contributed by atoms with van der Waals surface area (Å²) in [6.45, 7) is 0.563. The second kappa shape index (κ2) is 5.74. The van der Waals surface area contributed by atoms with Crippen LogP contribution < -0.4 is 5.32 Å². The second-order valence-electron chi connectivity index (χ2n) is 4.27. The van der Waals surface area contributed by atoms with Gasteiger partial charge in [0, 0.05) is 31.0 Å². The number of aromatic nitrogens is 1. The molecule has 4 heteroatoms.